The molecular formula is C118H159Br2IKN18O8Os+. The molecule has 0 radical (unpaired) electrons. The Kier molecular flexibility index (Phi) is 67.4. The van der Waals surface area contributed by atoms with Gasteiger partial charge in [-0.05, 0) is 250 Å². The maximum atomic E-state index is 12.0. The molecule has 11 aromatic heterocycles. The second-order valence-corrected chi connectivity index (χ2v) is 38.0. The first-order chi connectivity index (χ1) is 70.5. The molecule has 15 rings (SSSR count). The third-order valence-corrected chi connectivity index (χ3v) is 26.9. The Morgan fingerprint density at radius 1 is 0.436 bits per heavy atom. The molecule has 1 fully saturated rings. The number of hydroxylamine groups is 2. The summed E-state index contributed by atoms with van der Waals surface area (Å²) in [6.45, 7) is 21.9. The largest absolute Gasteiger partial charge is 1.00 e. The summed E-state index contributed by atoms with van der Waals surface area (Å²) in [6, 6.07) is 60.9. The number of imide groups is 1. The number of hydrogen-bond donors (Lipinski definition) is 2. The minimum absolute atomic E-state index is 0. The van der Waals surface area contributed by atoms with Crippen LogP contribution in [0.15, 0.2) is 294 Å². The number of alkyl halides is 1. The summed E-state index contributed by atoms with van der Waals surface area (Å²) in [7, 11) is 7.82. The van der Waals surface area contributed by atoms with Gasteiger partial charge in [-0.3, -0.25) is 29.3 Å². The van der Waals surface area contributed by atoms with E-state index in [0.29, 0.717) is 65.2 Å². The van der Waals surface area contributed by atoms with Gasteiger partial charge in [0, 0.05) is 229 Å². The molecule has 1 aliphatic heterocycles. The topological polar surface area (TPSA) is 310 Å². The van der Waals surface area contributed by atoms with Gasteiger partial charge in [-0.25, -0.2) is 43.8 Å². The zero-order chi connectivity index (χ0) is 104. The number of nitrogens with zero attached hydrogens (tertiary/aromatic N) is 17. The molecule has 8 atom stereocenters. The van der Waals surface area contributed by atoms with Crippen LogP contribution in [-0.4, -0.2) is 120 Å². The maximum absolute atomic E-state index is 12.0. The Morgan fingerprint density at radius 3 is 1.15 bits per heavy atom. The number of nitrogens with two attached hydrogens (primary N) is 1. The molecule has 798 valence electrons. The number of aryl methyl sites for hydroxylation is 8. The molecule has 0 bridgehead atoms. The molecule has 3 aromatic carbocycles. The molecule has 31 heteroatoms. The van der Waals surface area contributed by atoms with Gasteiger partial charge in [-0.1, -0.05) is 187 Å². The fraction of sp³-hybridized carbons (Fsp3) is 0.424. The monoisotopic (exact) mass is 2470 g/mol. The van der Waals surface area contributed by atoms with Gasteiger partial charge in [-0.2, -0.15) is 9.59 Å². The van der Waals surface area contributed by atoms with E-state index in [1.165, 1.54) is 102 Å². The summed E-state index contributed by atoms with van der Waals surface area (Å²) < 4.78 is 14.5. The quantitative estimate of drug-likeness (QED) is 0.00894. The van der Waals surface area contributed by atoms with Gasteiger partial charge in [0.05, 0.1) is 0 Å². The van der Waals surface area contributed by atoms with Crippen LogP contribution in [0.4, 0.5) is 0 Å². The van der Waals surface area contributed by atoms with Crippen molar-refractivity contribution in [2.24, 2.45) is 33.9 Å². The van der Waals surface area contributed by atoms with Gasteiger partial charge in [0.25, 0.3) is 11.8 Å². The fourth-order valence-corrected chi connectivity index (χ4v) is 18.3. The number of carbonyl (C=O) groups excluding carboxylic acids is 5. The van der Waals surface area contributed by atoms with Crippen LogP contribution in [0.5, 0.6) is 0 Å². The SMILES string of the molecule is CCC(CC(C)c1ccncc1)c1ccccc1.CCC(CC(CC(C)c1cc[n+](CCCCCC(=O)ON2C(=O)CCC2=O)cc1)c1ccncc1)c1ccccc1.CCCCC[n+]1ccc(C(C)CC(CC(CC)c2ccccc2)c2ccncc2)cc1.Cc1cccc(-c2nccn2CCCCCCN)n1.Cn1ccnc1-c1nccn1C.Cn1ccnc1-c1nccn1C.I.O=C(O)CCCCCBr.O=C=O.[Br-].[H-].[HH].[K+].[Os]. The molecule has 1 saturated heterocycles. The number of amides is 2. The summed E-state index contributed by atoms with van der Waals surface area (Å²) in [5, 5.41) is 9.80. The van der Waals surface area contributed by atoms with E-state index in [9.17, 15) is 19.2 Å². The van der Waals surface area contributed by atoms with Crippen molar-refractivity contribution in [3.05, 3.63) is 344 Å². The van der Waals surface area contributed by atoms with Crippen LogP contribution < -0.4 is 83.2 Å². The second kappa shape index (κ2) is 76.5. The third kappa shape index (κ3) is 47.8. The molecule has 14 aromatic rings. The number of rotatable bonds is 46. The number of halogens is 3. The van der Waals surface area contributed by atoms with E-state index in [1.54, 1.807) is 24.8 Å². The van der Waals surface area contributed by atoms with Crippen molar-refractivity contribution in [3.63, 3.8) is 0 Å². The second-order valence-electron chi connectivity index (χ2n) is 37.2. The Morgan fingerprint density at radius 2 is 0.779 bits per heavy atom. The van der Waals surface area contributed by atoms with E-state index in [-0.39, 0.29) is 140 Å². The number of carboxylic acid groups (broad SMARTS) is 1. The summed E-state index contributed by atoms with van der Waals surface area (Å²) >= 11 is 3.27. The number of carboxylic acids is 1. The van der Waals surface area contributed by atoms with Crippen LogP contribution in [0, 0.1) is 6.92 Å². The number of aliphatic carboxylic acids is 1. The van der Waals surface area contributed by atoms with Crippen LogP contribution in [-0.2, 0) is 101 Å². The normalized spacial score (nSPS) is 12.6. The molecule has 8 unspecified atom stereocenters. The van der Waals surface area contributed by atoms with Gasteiger partial charge in [0.1, 0.15) is 18.8 Å². The van der Waals surface area contributed by atoms with E-state index >= 15 is 0 Å². The number of unbranched alkanes of at least 4 members (excludes halogenated alkanes) is 9. The van der Waals surface area contributed by atoms with Crippen molar-refractivity contribution in [1.82, 2.24) is 72.8 Å². The molecular weight excluding hydrogens is 2310 g/mol. The van der Waals surface area contributed by atoms with Crippen LogP contribution in [0.1, 0.15) is 309 Å². The van der Waals surface area contributed by atoms with E-state index in [4.69, 9.17) is 25.3 Å². The average molecular weight is 2470 g/mol. The van der Waals surface area contributed by atoms with Gasteiger partial charge in [0.15, 0.2) is 53.9 Å². The molecule has 26 nitrogen and oxygen atoms in total. The predicted molar refractivity (Wildman–Crippen MR) is 595 cm³/mol. The van der Waals surface area contributed by atoms with Gasteiger partial charge in [0.2, 0.25) is 0 Å². The van der Waals surface area contributed by atoms with Crippen LogP contribution in [0.3, 0.4) is 0 Å². The van der Waals surface area contributed by atoms with Crippen molar-refractivity contribution >= 4 is 69.8 Å². The molecule has 0 saturated carbocycles. The first kappa shape index (κ1) is 131. The number of pyridine rings is 6. The number of carbonyl (C=O) groups is 4. The summed E-state index contributed by atoms with van der Waals surface area (Å²) in [6.07, 6.45) is 62.9. The molecule has 12 heterocycles. The number of imidazole rings is 5. The molecule has 2 amide bonds. The van der Waals surface area contributed by atoms with Crippen molar-refractivity contribution in [1.29, 1.82) is 0 Å². The summed E-state index contributed by atoms with van der Waals surface area (Å²) in [5.41, 5.74) is 18.7. The van der Waals surface area contributed by atoms with Crippen LogP contribution in [0.25, 0.3) is 34.8 Å². The van der Waals surface area contributed by atoms with Crippen LogP contribution in [0.2, 0.25) is 0 Å². The minimum atomic E-state index is -0.690. The molecule has 1 aliphatic rings. The first-order valence-electron chi connectivity index (χ1n) is 51.7. The average Bonchev–Trinajstić information content (AvgIpc) is 1.79. The van der Waals surface area contributed by atoms with Crippen molar-refractivity contribution in [2.45, 2.75) is 283 Å². The van der Waals surface area contributed by atoms with E-state index in [1.807, 2.05) is 146 Å². The Bertz CT molecular complexity index is 5800. The standard InChI is InChI=1S/C34H42N3O4.C29H39N2.C17H21N.C15H22N4.2C8H10N4.C6H11BrO2.CO2.BrH.HI.K.Os.H2.H/c1-3-27(29-10-6-4-7-11-29)25-31(30-15-19-35-20-16-30)24-26(2)28-17-22-36(23-18-28)21-9-5-8-12-34(40)41-37-32(38)13-14-33(37)39;1-4-6-10-19-31-20-15-26(16-21-31)24(3)22-29(28-13-17-30-18-14-28)23-25(5-2)27-11-8-7-9-12-27;1-3-15(17-7-5-4-6-8-17)13-14(2)16-9-11-18-12-10-16;1-13-7-6-8-14(18-13)15-17-10-12-19(15)11-5-3-2-4-9-16;2*1-11-5-3-9-7(11)8-10-4-6-12(8)2;7-5-3-1-2-4-6(8)9;2-1-3;;;;;;/h4,6-7,10-11,15-20,22-23,26-27,31H,3,5,8-9,12-14,21,24-25H2,1-2H3;7-9,11-18,20-21,24-25,29H,4-6,10,19,22-23H2,1-3H3;4-12,14-15H,3,13H2,1-2H3;6-8,10,12H,2-5,9,11,16H2,1H3;2*3-6H,1-2H3;1-5H2,(H,8,9);;2*1H;;;1H;/q2*+1;;;;;;;;;+1;;;-1/p-1. The van der Waals surface area contributed by atoms with Gasteiger partial charge >= 0.3 is 69.5 Å². The first-order valence-corrected chi connectivity index (χ1v) is 52.9. The van der Waals surface area contributed by atoms with Gasteiger partial charge < -0.3 is 56.9 Å². The van der Waals surface area contributed by atoms with Crippen LogP contribution >= 0.6 is 39.9 Å². The molecule has 3 N–H and O–H groups in total. The van der Waals surface area contributed by atoms with E-state index in [2.05, 4.69) is 299 Å². The Labute approximate surface area is 979 Å². The molecule has 0 aliphatic carbocycles. The predicted octanol–water partition coefficient (Wildman–Crippen LogP) is 19.4. The number of benzene rings is 3. The van der Waals surface area contributed by atoms with Crippen molar-refractivity contribution in [3.8, 4) is 34.8 Å². The Hall–Kier alpha value is -10.0. The van der Waals surface area contributed by atoms with Crippen molar-refractivity contribution < 1.29 is 139 Å². The Balaban J connectivity index is 0.000000621. The third-order valence-electron chi connectivity index (χ3n) is 26.4. The molecule has 149 heavy (non-hydrogen) atoms. The zero-order valence-corrected chi connectivity index (χ0v) is 101. The smallest absolute Gasteiger partial charge is 1.00 e. The van der Waals surface area contributed by atoms with Crippen molar-refractivity contribution in [2.75, 3.05) is 11.9 Å². The number of aromatic nitrogens is 16. The zero-order valence-electron chi connectivity index (χ0n) is 90.5. The summed E-state index contributed by atoms with van der Waals surface area (Å²) in [5.74, 6) is 6.67. The van der Waals surface area contributed by atoms with E-state index in [0.717, 1.165) is 143 Å². The maximum Gasteiger partial charge on any atom is 1.00 e. The summed E-state index contributed by atoms with van der Waals surface area (Å²) in [4.78, 5) is 105. The van der Waals surface area contributed by atoms with Gasteiger partial charge in [-0.15, -0.1) is 29.0 Å². The number of hydrogen-bond acceptors (Lipinski definition) is 17. The molecule has 0 spiro atoms. The van der Waals surface area contributed by atoms with E-state index < -0.39 is 23.8 Å². The minimum Gasteiger partial charge on any atom is -1.00 e. The fourth-order valence-electron chi connectivity index (χ4n) is 17.9.